The van der Waals surface area contributed by atoms with Crippen LogP contribution in [0.3, 0.4) is 0 Å². The van der Waals surface area contributed by atoms with Crippen molar-refractivity contribution in [3.8, 4) is 28.4 Å². The van der Waals surface area contributed by atoms with E-state index in [0.717, 1.165) is 99.0 Å². The summed E-state index contributed by atoms with van der Waals surface area (Å²) >= 11 is 6.25. The highest BCUT2D eigenvalue weighted by molar-refractivity contribution is 6.30. The van der Waals surface area contributed by atoms with Crippen LogP contribution in [0.15, 0.2) is 91.1 Å². The number of rotatable bonds is 11. The first-order chi connectivity index (χ1) is 24.0. The average molecular weight is 681 g/mol. The number of aromatic nitrogens is 1. The van der Waals surface area contributed by atoms with Gasteiger partial charge < -0.3 is 28.8 Å². The Morgan fingerprint density at radius 2 is 1.67 bits per heavy atom. The molecule has 0 saturated carbocycles. The number of benzene rings is 4. The van der Waals surface area contributed by atoms with Crippen LogP contribution in [-0.2, 0) is 16.0 Å². The molecule has 9 nitrogen and oxygen atoms in total. The number of nitrogens with zero attached hydrogens (tertiary/aromatic N) is 3. The molecule has 10 heteroatoms. The first kappa shape index (κ1) is 33.0. The number of methoxy groups -OCH3 is 1. The van der Waals surface area contributed by atoms with Crippen LogP contribution in [0.2, 0.25) is 5.02 Å². The number of nitrogens with one attached hydrogen (secondary N) is 1. The molecular weight excluding hydrogens is 640 g/mol. The zero-order valence-corrected chi connectivity index (χ0v) is 28.5. The smallest absolute Gasteiger partial charge is 0.341 e. The van der Waals surface area contributed by atoms with E-state index in [-0.39, 0.29) is 0 Å². The van der Waals surface area contributed by atoms with Crippen molar-refractivity contribution >= 4 is 34.2 Å². The number of morpholine rings is 1. The molecule has 2 aliphatic heterocycles. The van der Waals surface area contributed by atoms with Gasteiger partial charge in [0.05, 0.1) is 20.3 Å². The maximum absolute atomic E-state index is 12.7. The SMILES string of the molecule is COC(=O)c1ccc(N2CCN(Cc3c(OCCN4CCOCC4)cccc3-c3ccc(Cl)cc3)CC2)cc1Oc1ccc2[nH]ccc2c1. The van der Waals surface area contributed by atoms with Gasteiger partial charge in [-0.25, -0.2) is 4.79 Å². The van der Waals surface area contributed by atoms with Crippen LogP contribution in [0.4, 0.5) is 5.69 Å². The minimum absolute atomic E-state index is 0.388. The van der Waals surface area contributed by atoms with Crippen molar-refractivity contribution in [3.05, 3.63) is 107 Å². The number of hydrogen-bond acceptors (Lipinski definition) is 8. The van der Waals surface area contributed by atoms with Gasteiger partial charge in [0.25, 0.3) is 0 Å². The van der Waals surface area contributed by atoms with Crippen LogP contribution in [0.25, 0.3) is 22.0 Å². The van der Waals surface area contributed by atoms with Crippen molar-refractivity contribution in [2.45, 2.75) is 6.54 Å². The van der Waals surface area contributed by atoms with Gasteiger partial charge >= 0.3 is 5.97 Å². The van der Waals surface area contributed by atoms with E-state index in [0.29, 0.717) is 28.7 Å². The maximum atomic E-state index is 12.7. The minimum atomic E-state index is -0.434. The molecule has 5 aromatic rings. The Bertz CT molecular complexity index is 1880. The Morgan fingerprint density at radius 3 is 2.47 bits per heavy atom. The first-order valence-electron chi connectivity index (χ1n) is 16.8. The van der Waals surface area contributed by atoms with Crippen LogP contribution in [0.5, 0.6) is 17.2 Å². The lowest BCUT2D eigenvalue weighted by Crippen LogP contribution is -2.46. The van der Waals surface area contributed by atoms with Gasteiger partial charge in [-0.05, 0) is 65.7 Å². The van der Waals surface area contributed by atoms with Gasteiger partial charge in [-0.15, -0.1) is 0 Å². The molecule has 2 aliphatic rings. The van der Waals surface area contributed by atoms with Gasteiger partial charge in [0.2, 0.25) is 0 Å². The van der Waals surface area contributed by atoms with E-state index in [2.05, 4.69) is 50.0 Å². The Balaban J connectivity index is 1.07. The minimum Gasteiger partial charge on any atom is -0.492 e. The molecule has 2 saturated heterocycles. The number of ether oxygens (including phenoxy) is 4. The molecule has 0 amide bonds. The number of esters is 1. The molecule has 254 valence electrons. The molecule has 0 radical (unpaired) electrons. The number of H-pyrrole nitrogens is 1. The topological polar surface area (TPSA) is 79.5 Å². The van der Waals surface area contributed by atoms with Gasteiger partial charge in [0.15, 0.2) is 0 Å². The lowest BCUT2D eigenvalue weighted by molar-refractivity contribution is 0.0321. The van der Waals surface area contributed by atoms with Crippen molar-refractivity contribution in [3.63, 3.8) is 0 Å². The Hall–Kier alpha value is -4.54. The summed E-state index contributed by atoms with van der Waals surface area (Å²) in [6.45, 7) is 9.05. The number of carbonyl (C=O) groups is 1. The second kappa shape index (κ2) is 15.3. The molecule has 0 spiro atoms. The quantitative estimate of drug-likeness (QED) is 0.148. The summed E-state index contributed by atoms with van der Waals surface area (Å²) in [7, 11) is 1.39. The number of hydrogen-bond donors (Lipinski definition) is 1. The average Bonchev–Trinajstić information content (AvgIpc) is 3.61. The summed E-state index contributed by atoms with van der Waals surface area (Å²) in [5, 5.41) is 1.75. The Kier molecular flexibility index (Phi) is 10.3. The molecule has 0 bridgehead atoms. The van der Waals surface area contributed by atoms with E-state index in [1.54, 1.807) is 6.07 Å². The second-order valence-electron chi connectivity index (χ2n) is 12.4. The van der Waals surface area contributed by atoms with Crippen molar-refractivity contribution in [2.75, 3.05) is 77.6 Å². The third kappa shape index (κ3) is 7.86. The summed E-state index contributed by atoms with van der Waals surface area (Å²) in [6.07, 6.45) is 1.89. The zero-order chi connectivity index (χ0) is 33.6. The molecule has 2 fully saturated rings. The Labute approximate surface area is 291 Å². The van der Waals surface area contributed by atoms with Gasteiger partial charge in [-0.2, -0.15) is 0 Å². The lowest BCUT2D eigenvalue weighted by Gasteiger charge is -2.37. The fourth-order valence-electron chi connectivity index (χ4n) is 6.55. The van der Waals surface area contributed by atoms with Crippen LogP contribution < -0.4 is 14.4 Å². The lowest BCUT2D eigenvalue weighted by atomic mass is 9.98. The Morgan fingerprint density at radius 1 is 0.857 bits per heavy atom. The largest absolute Gasteiger partial charge is 0.492 e. The molecule has 4 aromatic carbocycles. The highest BCUT2D eigenvalue weighted by atomic mass is 35.5. The molecule has 0 aliphatic carbocycles. The van der Waals surface area contributed by atoms with Crippen molar-refractivity contribution in [1.29, 1.82) is 0 Å². The molecule has 7 rings (SSSR count). The van der Waals surface area contributed by atoms with E-state index in [4.69, 9.17) is 30.5 Å². The van der Waals surface area contributed by atoms with E-state index < -0.39 is 5.97 Å². The van der Waals surface area contributed by atoms with Crippen LogP contribution in [0.1, 0.15) is 15.9 Å². The molecule has 1 N–H and O–H groups in total. The third-order valence-corrected chi connectivity index (χ3v) is 9.55. The third-order valence-electron chi connectivity index (χ3n) is 9.30. The molecule has 3 heterocycles. The summed E-state index contributed by atoms with van der Waals surface area (Å²) in [5.74, 6) is 1.61. The highest BCUT2D eigenvalue weighted by Gasteiger charge is 2.23. The fourth-order valence-corrected chi connectivity index (χ4v) is 6.68. The predicted molar refractivity (Wildman–Crippen MR) is 193 cm³/mol. The number of anilines is 1. The van der Waals surface area contributed by atoms with Gasteiger partial charge in [-0.1, -0.05) is 35.9 Å². The number of halogens is 1. The monoisotopic (exact) mass is 680 g/mol. The van der Waals surface area contributed by atoms with E-state index >= 15 is 0 Å². The number of aromatic amines is 1. The first-order valence-corrected chi connectivity index (χ1v) is 17.2. The van der Waals surface area contributed by atoms with Crippen molar-refractivity contribution in [2.24, 2.45) is 0 Å². The summed E-state index contributed by atoms with van der Waals surface area (Å²) in [5.41, 5.74) is 5.86. The van der Waals surface area contributed by atoms with Gasteiger partial charge in [0, 0.05) is 91.8 Å². The number of piperazine rings is 1. The molecule has 49 heavy (non-hydrogen) atoms. The van der Waals surface area contributed by atoms with Gasteiger partial charge in [-0.3, -0.25) is 9.80 Å². The summed E-state index contributed by atoms with van der Waals surface area (Å²) in [6, 6.07) is 27.9. The molecule has 0 unspecified atom stereocenters. The summed E-state index contributed by atoms with van der Waals surface area (Å²) in [4.78, 5) is 23.1. The zero-order valence-electron chi connectivity index (χ0n) is 27.7. The van der Waals surface area contributed by atoms with Crippen molar-refractivity contribution in [1.82, 2.24) is 14.8 Å². The molecular formula is C39H41ClN4O5. The molecule has 1 aromatic heterocycles. The summed E-state index contributed by atoms with van der Waals surface area (Å²) < 4.78 is 23.4. The standard InChI is InChI=1S/C39H41ClN4O5/c1-46-39(45)34-11-9-31(26-38(34)49-32-10-12-36-29(25-32)13-14-41-36)44-17-15-43(16-18-44)27-35-33(28-5-7-30(40)8-6-28)3-2-4-37(35)48-24-21-42-19-22-47-23-20-42/h2-14,25-26,41H,15-24,27H2,1H3. The van der Waals surface area contributed by atoms with Crippen LogP contribution in [-0.4, -0.2) is 93.5 Å². The fraction of sp³-hybridized carbons (Fsp3) is 0.308. The number of fused-ring (bicyclic) bond motifs is 1. The number of carbonyl (C=O) groups excluding carboxylic acids is 1. The maximum Gasteiger partial charge on any atom is 0.341 e. The predicted octanol–water partition coefficient (Wildman–Crippen LogP) is 7.10. The highest BCUT2D eigenvalue weighted by Crippen LogP contribution is 2.35. The molecule has 0 atom stereocenters. The second-order valence-corrected chi connectivity index (χ2v) is 12.8. The van der Waals surface area contributed by atoms with E-state index in [9.17, 15) is 4.79 Å². The van der Waals surface area contributed by atoms with Gasteiger partial charge in [0.1, 0.15) is 29.4 Å². The van der Waals surface area contributed by atoms with Crippen LogP contribution >= 0.6 is 11.6 Å². The van der Waals surface area contributed by atoms with Crippen molar-refractivity contribution < 1.29 is 23.7 Å². The van der Waals surface area contributed by atoms with E-state index in [1.165, 1.54) is 12.7 Å². The van der Waals surface area contributed by atoms with E-state index in [1.807, 2.05) is 54.7 Å². The van der Waals surface area contributed by atoms with Crippen LogP contribution in [0, 0.1) is 0 Å². The normalized spacial score (nSPS) is 15.8.